The summed E-state index contributed by atoms with van der Waals surface area (Å²) in [5.41, 5.74) is 2.77. The molecule has 0 aliphatic carbocycles. The van der Waals surface area contributed by atoms with E-state index in [1.54, 1.807) is 0 Å². The molecule has 0 aliphatic heterocycles. The molecule has 0 unspecified atom stereocenters. The van der Waals surface area contributed by atoms with E-state index >= 15 is 0 Å². The SMILES string of the molecule is CC(C)(C)c1ccccc1NCc1cc(F)ccc1O. The molecule has 2 N–H and O–H groups in total. The zero-order chi connectivity index (χ0) is 14.8. The number of anilines is 1. The lowest BCUT2D eigenvalue weighted by molar-refractivity contribution is 0.466. The molecule has 0 radical (unpaired) electrons. The van der Waals surface area contributed by atoms with Crippen molar-refractivity contribution in [3.05, 3.63) is 59.4 Å². The second kappa shape index (κ2) is 5.53. The highest BCUT2D eigenvalue weighted by Crippen LogP contribution is 2.30. The van der Waals surface area contributed by atoms with E-state index in [1.165, 1.54) is 23.8 Å². The van der Waals surface area contributed by atoms with Gasteiger partial charge in [0.1, 0.15) is 11.6 Å². The summed E-state index contributed by atoms with van der Waals surface area (Å²) in [6.45, 7) is 6.82. The van der Waals surface area contributed by atoms with Crippen LogP contribution >= 0.6 is 0 Å². The summed E-state index contributed by atoms with van der Waals surface area (Å²) in [5.74, 6) is -0.240. The molecule has 2 rings (SSSR count). The second-order valence-electron chi connectivity index (χ2n) is 5.92. The van der Waals surface area contributed by atoms with Crippen molar-refractivity contribution >= 4 is 5.69 Å². The maximum atomic E-state index is 13.2. The van der Waals surface area contributed by atoms with Crippen molar-refractivity contribution in [1.29, 1.82) is 0 Å². The van der Waals surface area contributed by atoms with Crippen molar-refractivity contribution < 1.29 is 9.50 Å². The summed E-state index contributed by atoms with van der Waals surface area (Å²) in [7, 11) is 0. The van der Waals surface area contributed by atoms with Gasteiger partial charge in [-0.05, 0) is 35.2 Å². The van der Waals surface area contributed by atoms with Crippen LogP contribution in [0.25, 0.3) is 0 Å². The summed E-state index contributed by atoms with van der Waals surface area (Å²) in [4.78, 5) is 0. The predicted octanol–water partition coefficient (Wildman–Crippen LogP) is 4.44. The number of aromatic hydroxyl groups is 1. The summed E-state index contributed by atoms with van der Waals surface area (Å²) in [6.07, 6.45) is 0. The molecule has 0 aliphatic rings. The molecule has 0 atom stereocenters. The first kappa shape index (κ1) is 14.4. The average molecular weight is 273 g/mol. The molecular weight excluding hydrogens is 253 g/mol. The molecule has 2 aromatic rings. The smallest absolute Gasteiger partial charge is 0.123 e. The number of hydrogen-bond acceptors (Lipinski definition) is 2. The third kappa shape index (κ3) is 3.29. The van der Waals surface area contributed by atoms with Gasteiger partial charge < -0.3 is 10.4 Å². The van der Waals surface area contributed by atoms with Crippen LogP contribution in [0.3, 0.4) is 0 Å². The fraction of sp³-hybridized carbons (Fsp3) is 0.294. The Morgan fingerprint density at radius 3 is 2.50 bits per heavy atom. The summed E-state index contributed by atoms with van der Waals surface area (Å²) in [5, 5.41) is 13.0. The minimum absolute atomic E-state index is 0.0214. The van der Waals surface area contributed by atoms with Crippen LogP contribution in [0.4, 0.5) is 10.1 Å². The molecule has 0 saturated carbocycles. The quantitative estimate of drug-likeness (QED) is 0.866. The Morgan fingerprint density at radius 2 is 1.80 bits per heavy atom. The number of hydrogen-bond donors (Lipinski definition) is 2. The van der Waals surface area contributed by atoms with Crippen LogP contribution in [-0.2, 0) is 12.0 Å². The lowest BCUT2D eigenvalue weighted by atomic mass is 9.86. The highest BCUT2D eigenvalue weighted by atomic mass is 19.1. The minimum Gasteiger partial charge on any atom is -0.508 e. The second-order valence-corrected chi connectivity index (χ2v) is 5.92. The number of rotatable bonds is 3. The monoisotopic (exact) mass is 273 g/mol. The van der Waals surface area contributed by atoms with Gasteiger partial charge in [0.05, 0.1) is 0 Å². The van der Waals surface area contributed by atoms with Gasteiger partial charge in [-0.3, -0.25) is 0 Å². The van der Waals surface area contributed by atoms with Gasteiger partial charge in [-0.2, -0.15) is 0 Å². The third-order valence-electron chi connectivity index (χ3n) is 3.25. The van der Waals surface area contributed by atoms with Gasteiger partial charge in [-0.1, -0.05) is 39.0 Å². The van der Waals surface area contributed by atoms with Gasteiger partial charge in [0.15, 0.2) is 0 Å². The van der Waals surface area contributed by atoms with E-state index in [0.29, 0.717) is 12.1 Å². The van der Waals surface area contributed by atoms with E-state index in [4.69, 9.17) is 0 Å². The number of phenolic OH excluding ortho intramolecular Hbond substituents is 1. The summed E-state index contributed by atoms with van der Waals surface area (Å²) >= 11 is 0. The molecule has 0 heterocycles. The molecule has 20 heavy (non-hydrogen) atoms. The number of para-hydroxylation sites is 1. The van der Waals surface area contributed by atoms with Crippen molar-refractivity contribution in [1.82, 2.24) is 0 Å². The van der Waals surface area contributed by atoms with Crippen LogP contribution in [0.1, 0.15) is 31.9 Å². The largest absolute Gasteiger partial charge is 0.508 e. The molecule has 3 heteroatoms. The van der Waals surface area contributed by atoms with Crippen molar-refractivity contribution in [3.63, 3.8) is 0 Å². The molecule has 0 fully saturated rings. The van der Waals surface area contributed by atoms with Crippen LogP contribution in [0.2, 0.25) is 0 Å². The topological polar surface area (TPSA) is 32.3 Å². The first-order valence-electron chi connectivity index (χ1n) is 6.69. The number of halogens is 1. The fourth-order valence-electron chi connectivity index (χ4n) is 2.18. The van der Waals surface area contributed by atoms with Crippen molar-refractivity contribution in [2.45, 2.75) is 32.7 Å². The van der Waals surface area contributed by atoms with E-state index in [0.717, 1.165) is 5.69 Å². The Balaban J connectivity index is 2.21. The van der Waals surface area contributed by atoms with Crippen LogP contribution < -0.4 is 5.32 Å². The first-order chi connectivity index (χ1) is 9.38. The zero-order valence-electron chi connectivity index (χ0n) is 12.1. The molecular formula is C17H20FNO. The Bertz CT molecular complexity index is 602. The Morgan fingerprint density at radius 1 is 1.10 bits per heavy atom. The highest BCUT2D eigenvalue weighted by molar-refractivity contribution is 5.54. The average Bonchev–Trinajstić information content (AvgIpc) is 2.39. The van der Waals surface area contributed by atoms with Crippen molar-refractivity contribution in [2.24, 2.45) is 0 Å². The zero-order valence-corrected chi connectivity index (χ0v) is 12.1. The fourth-order valence-corrected chi connectivity index (χ4v) is 2.18. The number of benzene rings is 2. The van der Waals surface area contributed by atoms with Gasteiger partial charge in [0.25, 0.3) is 0 Å². The molecule has 0 bridgehead atoms. The Kier molecular flexibility index (Phi) is 3.98. The molecule has 0 saturated heterocycles. The number of phenols is 1. The molecule has 0 spiro atoms. The van der Waals surface area contributed by atoms with Gasteiger partial charge in [-0.25, -0.2) is 4.39 Å². The summed E-state index contributed by atoms with van der Waals surface area (Å²) in [6, 6.07) is 12.0. The molecule has 0 aromatic heterocycles. The van der Waals surface area contributed by atoms with Crippen molar-refractivity contribution in [2.75, 3.05) is 5.32 Å². The van der Waals surface area contributed by atoms with E-state index in [1.807, 2.05) is 18.2 Å². The highest BCUT2D eigenvalue weighted by Gasteiger charge is 2.17. The van der Waals surface area contributed by atoms with Crippen LogP contribution in [0.15, 0.2) is 42.5 Å². The maximum Gasteiger partial charge on any atom is 0.123 e. The molecule has 106 valence electrons. The van der Waals surface area contributed by atoms with E-state index < -0.39 is 0 Å². The first-order valence-corrected chi connectivity index (χ1v) is 6.69. The van der Waals surface area contributed by atoms with E-state index in [-0.39, 0.29) is 17.0 Å². The normalized spacial score (nSPS) is 11.4. The van der Waals surface area contributed by atoms with E-state index in [2.05, 4.69) is 32.2 Å². The van der Waals surface area contributed by atoms with Crippen LogP contribution in [0.5, 0.6) is 5.75 Å². The van der Waals surface area contributed by atoms with Gasteiger partial charge in [0.2, 0.25) is 0 Å². The third-order valence-corrected chi connectivity index (χ3v) is 3.25. The Hall–Kier alpha value is -2.03. The lowest BCUT2D eigenvalue weighted by Gasteiger charge is -2.23. The van der Waals surface area contributed by atoms with E-state index in [9.17, 15) is 9.50 Å². The van der Waals surface area contributed by atoms with Gasteiger partial charge in [-0.15, -0.1) is 0 Å². The minimum atomic E-state index is -0.344. The number of nitrogens with one attached hydrogen (secondary N) is 1. The standard InChI is InChI=1S/C17H20FNO/c1-17(2,3)14-6-4-5-7-15(14)19-11-12-10-13(18)8-9-16(12)20/h4-10,19-20H,11H2,1-3H3. The molecule has 2 aromatic carbocycles. The molecule has 0 amide bonds. The predicted molar refractivity (Wildman–Crippen MR) is 80.5 cm³/mol. The van der Waals surface area contributed by atoms with Crippen LogP contribution in [-0.4, -0.2) is 5.11 Å². The maximum absolute atomic E-state index is 13.2. The Labute approximate surface area is 119 Å². The van der Waals surface area contributed by atoms with Crippen LogP contribution in [0, 0.1) is 5.82 Å². The summed E-state index contributed by atoms with van der Waals surface area (Å²) < 4.78 is 13.2. The van der Waals surface area contributed by atoms with Crippen molar-refractivity contribution in [3.8, 4) is 5.75 Å². The molecule has 2 nitrogen and oxygen atoms in total. The van der Waals surface area contributed by atoms with Gasteiger partial charge >= 0.3 is 0 Å². The lowest BCUT2D eigenvalue weighted by Crippen LogP contribution is -2.14. The van der Waals surface area contributed by atoms with Gasteiger partial charge in [0, 0.05) is 17.8 Å².